The second kappa shape index (κ2) is 8.98. The molecule has 2 N–H and O–H groups in total. The van der Waals surface area contributed by atoms with Crippen molar-refractivity contribution in [2.45, 2.75) is 13.5 Å². The Hall–Kier alpha value is -1.10. The van der Waals surface area contributed by atoms with Crippen molar-refractivity contribution in [1.82, 2.24) is 5.32 Å². The van der Waals surface area contributed by atoms with Gasteiger partial charge in [0.2, 0.25) is 0 Å². The van der Waals surface area contributed by atoms with Gasteiger partial charge in [0, 0.05) is 18.7 Å². The van der Waals surface area contributed by atoms with Gasteiger partial charge in [-0.05, 0) is 13.0 Å². The van der Waals surface area contributed by atoms with E-state index in [9.17, 15) is 0 Å². The number of hydrogen-bond donors (Lipinski definition) is 2. The maximum atomic E-state index is 8.53. The molecule has 0 heterocycles. The van der Waals surface area contributed by atoms with Gasteiger partial charge in [0.15, 0.2) is 0 Å². The van der Waals surface area contributed by atoms with Crippen molar-refractivity contribution in [3.05, 3.63) is 29.8 Å². The van der Waals surface area contributed by atoms with Gasteiger partial charge in [-0.15, -0.1) is 0 Å². The highest BCUT2D eigenvalue weighted by Gasteiger charge is 2.00. The second-order valence-electron chi connectivity index (χ2n) is 3.55. The number of aliphatic hydroxyl groups is 1. The molecule has 0 saturated heterocycles. The van der Waals surface area contributed by atoms with Crippen LogP contribution >= 0.6 is 0 Å². The van der Waals surface area contributed by atoms with E-state index >= 15 is 0 Å². The molecule has 0 aromatic heterocycles. The number of ether oxygens (including phenoxy) is 2. The highest BCUT2D eigenvalue weighted by atomic mass is 16.5. The number of rotatable bonds is 9. The maximum Gasteiger partial charge on any atom is 0.123 e. The van der Waals surface area contributed by atoms with E-state index in [1.165, 1.54) is 0 Å². The highest BCUT2D eigenvalue weighted by molar-refractivity contribution is 5.33. The summed E-state index contributed by atoms with van der Waals surface area (Å²) >= 11 is 0. The lowest BCUT2D eigenvalue weighted by Crippen LogP contribution is -2.20. The first-order valence-electron chi connectivity index (χ1n) is 5.98. The third-order valence-corrected chi connectivity index (χ3v) is 2.25. The van der Waals surface area contributed by atoms with Gasteiger partial charge in [-0.2, -0.15) is 0 Å². The zero-order valence-corrected chi connectivity index (χ0v) is 10.3. The topological polar surface area (TPSA) is 50.7 Å². The van der Waals surface area contributed by atoms with Gasteiger partial charge in [-0.1, -0.05) is 18.2 Å². The quantitative estimate of drug-likeness (QED) is 0.635. The Morgan fingerprint density at radius 2 is 2.06 bits per heavy atom. The number of benzene rings is 1. The van der Waals surface area contributed by atoms with Gasteiger partial charge >= 0.3 is 0 Å². The van der Waals surface area contributed by atoms with Crippen molar-refractivity contribution in [1.29, 1.82) is 0 Å². The van der Waals surface area contributed by atoms with E-state index in [1.807, 2.05) is 31.2 Å². The first-order chi connectivity index (χ1) is 8.38. The first kappa shape index (κ1) is 14.0. The molecule has 0 aliphatic rings. The fraction of sp³-hybridized carbons (Fsp3) is 0.538. The van der Waals surface area contributed by atoms with Crippen LogP contribution in [0.4, 0.5) is 0 Å². The van der Waals surface area contributed by atoms with Gasteiger partial charge in [-0.3, -0.25) is 0 Å². The van der Waals surface area contributed by atoms with Crippen LogP contribution in [0.25, 0.3) is 0 Å². The van der Waals surface area contributed by atoms with Crippen LogP contribution in [0.5, 0.6) is 5.75 Å². The van der Waals surface area contributed by atoms with E-state index in [0.29, 0.717) is 19.8 Å². The molecule has 0 amide bonds. The minimum atomic E-state index is 0.0766. The van der Waals surface area contributed by atoms with Crippen molar-refractivity contribution in [3.63, 3.8) is 0 Å². The molecule has 0 bridgehead atoms. The van der Waals surface area contributed by atoms with Crippen molar-refractivity contribution < 1.29 is 14.6 Å². The Labute approximate surface area is 103 Å². The molecule has 17 heavy (non-hydrogen) atoms. The third kappa shape index (κ3) is 5.68. The lowest BCUT2D eigenvalue weighted by molar-refractivity contribution is 0.0937. The van der Waals surface area contributed by atoms with Gasteiger partial charge < -0.3 is 19.9 Å². The van der Waals surface area contributed by atoms with Crippen LogP contribution in [-0.4, -0.2) is 38.1 Å². The van der Waals surface area contributed by atoms with E-state index in [4.69, 9.17) is 14.6 Å². The largest absolute Gasteiger partial charge is 0.494 e. The van der Waals surface area contributed by atoms with Crippen LogP contribution in [0.15, 0.2) is 24.3 Å². The van der Waals surface area contributed by atoms with Crippen molar-refractivity contribution >= 4 is 0 Å². The zero-order valence-electron chi connectivity index (χ0n) is 10.3. The average molecular weight is 239 g/mol. The van der Waals surface area contributed by atoms with Crippen molar-refractivity contribution in [3.8, 4) is 5.75 Å². The summed E-state index contributed by atoms with van der Waals surface area (Å²) in [5.41, 5.74) is 1.15. The van der Waals surface area contributed by atoms with E-state index in [0.717, 1.165) is 24.4 Å². The van der Waals surface area contributed by atoms with Crippen LogP contribution in [0.1, 0.15) is 12.5 Å². The number of aliphatic hydroxyl groups excluding tert-OH is 1. The minimum Gasteiger partial charge on any atom is -0.494 e. The van der Waals surface area contributed by atoms with Gasteiger partial charge in [0.1, 0.15) is 5.75 Å². The normalized spacial score (nSPS) is 10.5. The molecule has 0 spiro atoms. The minimum absolute atomic E-state index is 0.0766. The fourth-order valence-electron chi connectivity index (χ4n) is 1.48. The predicted octanol–water partition coefficient (Wildman–Crippen LogP) is 1.18. The molecule has 1 aromatic carbocycles. The van der Waals surface area contributed by atoms with Gasteiger partial charge in [0.25, 0.3) is 0 Å². The summed E-state index contributed by atoms with van der Waals surface area (Å²) in [6, 6.07) is 8.00. The van der Waals surface area contributed by atoms with Crippen LogP contribution in [0.2, 0.25) is 0 Å². The Balaban J connectivity index is 2.25. The van der Waals surface area contributed by atoms with E-state index in [-0.39, 0.29) is 6.61 Å². The number of para-hydroxylation sites is 1. The van der Waals surface area contributed by atoms with Crippen LogP contribution in [0.3, 0.4) is 0 Å². The Morgan fingerprint density at radius 3 is 2.82 bits per heavy atom. The molecule has 0 aliphatic carbocycles. The van der Waals surface area contributed by atoms with Crippen LogP contribution < -0.4 is 10.1 Å². The summed E-state index contributed by atoms with van der Waals surface area (Å²) in [7, 11) is 0. The van der Waals surface area contributed by atoms with Gasteiger partial charge in [-0.25, -0.2) is 0 Å². The van der Waals surface area contributed by atoms with E-state index in [1.54, 1.807) is 0 Å². The fourth-order valence-corrected chi connectivity index (χ4v) is 1.48. The summed E-state index contributed by atoms with van der Waals surface area (Å²) < 4.78 is 10.7. The second-order valence-corrected chi connectivity index (χ2v) is 3.55. The molecule has 1 aromatic rings. The summed E-state index contributed by atoms with van der Waals surface area (Å²) in [5, 5.41) is 11.8. The molecule has 0 aliphatic heterocycles. The molecule has 0 saturated carbocycles. The molecule has 0 atom stereocenters. The summed E-state index contributed by atoms with van der Waals surface area (Å²) in [5.74, 6) is 0.929. The van der Waals surface area contributed by atoms with Crippen LogP contribution in [-0.2, 0) is 11.3 Å². The molecule has 4 heteroatoms. The third-order valence-electron chi connectivity index (χ3n) is 2.25. The Morgan fingerprint density at radius 1 is 1.24 bits per heavy atom. The zero-order chi connectivity index (χ0) is 12.3. The smallest absolute Gasteiger partial charge is 0.123 e. The van der Waals surface area contributed by atoms with E-state index < -0.39 is 0 Å². The average Bonchev–Trinajstić information content (AvgIpc) is 2.36. The molecule has 4 nitrogen and oxygen atoms in total. The molecular formula is C13H21NO3. The monoisotopic (exact) mass is 239 g/mol. The SMILES string of the molecule is CCOc1ccccc1CNCCOCCO. The molecule has 96 valence electrons. The van der Waals surface area contributed by atoms with Crippen molar-refractivity contribution in [2.75, 3.05) is 33.0 Å². The molecular weight excluding hydrogens is 218 g/mol. The molecule has 1 rings (SSSR count). The lowest BCUT2D eigenvalue weighted by atomic mass is 10.2. The summed E-state index contributed by atoms with van der Waals surface area (Å²) in [4.78, 5) is 0. The van der Waals surface area contributed by atoms with Crippen molar-refractivity contribution in [2.24, 2.45) is 0 Å². The first-order valence-corrected chi connectivity index (χ1v) is 5.98. The molecule has 0 unspecified atom stereocenters. The Kier molecular flexibility index (Phi) is 7.38. The highest BCUT2D eigenvalue weighted by Crippen LogP contribution is 2.17. The molecule has 0 fully saturated rings. The standard InChI is InChI=1S/C13H21NO3/c1-2-17-13-6-4-3-5-12(13)11-14-7-9-16-10-8-15/h3-6,14-15H,2,7-11H2,1H3. The maximum absolute atomic E-state index is 8.53. The Bertz CT molecular complexity index is 304. The predicted molar refractivity (Wildman–Crippen MR) is 67.2 cm³/mol. The summed E-state index contributed by atoms with van der Waals surface area (Å²) in [6.07, 6.45) is 0. The van der Waals surface area contributed by atoms with Crippen LogP contribution in [0, 0.1) is 0 Å². The van der Waals surface area contributed by atoms with E-state index in [2.05, 4.69) is 5.32 Å². The molecule has 0 radical (unpaired) electrons. The summed E-state index contributed by atoms with van der Waals surface area (Å²) in [6.45, 7) is 5.27. The number of hydrogen-bond acceptors (Lipinski definition) is 4. The number of nitrogens with one attached hydrogen (secondary N) is 1. The lowest BCUT2D eigenvalue weighted by Gasteiger charge is -2.10. The van der Waals surface area contributed by atoms with Gasteiger partial charge in [0.05, 0.1) is 26.4 Å².